The van der Waals surface area contributed by atoms with Crippen molar-refractivity contribution in [1.82, 2.24) is 4.98 Å². The van der Waals surface area contributed by atoms with Gasteiger partial charge in [0, 0.05) is 32.9 Å². The lowest BCUT2D eigenvalue weighted by Gasteiger charge is -2.32. The average Bonchev–Trinajstić information content (AvgIpc) is 3.08. The molecule has 3 heterocycles. The van der Waals surface area contributed by atoms with Crippen LogP contribution in [0.15, 0.2) is 6.20 Å². The van der Waals surface area contributed by atoms with Crippen LogP contribution in [0.5, 0.6) is 0 Å². The number of hydrogen-bond acceptors (Lipinski definition) is 5. The molecule has 0 saturated carbocycles. The quantitative estimate of drug-likeness (QED) is 0.786. The van der Waals surface area contributed by atoms with Gasteiger partial charge in [0.25, 0.3) is 0 Å². The van der Waals surface area contributed by atoms with Gasteiger partial charge in [-0.2, -0.15) is 0 Å². The van der Waals surface area contributed by atoms with Crippen LogP contribution in [0.4, 0.5) is 5.13 Å². The van der Waals surface area contributed by atoms with Crippen molar-refractivity contribution in [3.05, 3.63) is 6.20 Å². The summed E-state index contributed by atoms with van der Waals surface area (Å²) in [6, 6.07) is 0. The van der Waals surface area contributed by atoms with Gasteiger partial charge in [-0.3, -0.25) is 0 Å². The maximum absolute atomic E-state index is 8.23. The number of anilines is 1. The maximum atomic E-state index is 8.23. The van der Waals surface area contributed by atoms with E-state index < -0.39 is 50.4 Å². The molecule has 0 unspecified atom stereocenters. The van der Waals surface area contributed by atoms with Gasteiger partial charge in [-0.15, -0.1) is 11.3 Å². The molecule has 0 amide bonds. The van der Waals surface area contributed by atoms with Gasteiger partial charge in [-0.25, -0.2) is 4.98 Å². The summed E-state index contributed by atoms with van der Waals surface area (Å²) in [5.41, 5.74) is -1.33. The largest absolute Gasteiger partial charge is 0.507 e. The lowest BCUT2D eigenvalue weighted by Crippen LogP contribution is -2.41. The summed E-state index contributed by atoms with van der Waals surface area (Å²) < 4.78 is 92.9. The smallest absolute Gasteiger partial charge is 0.399 e. The zero-order valence-electron chi connectivity index (χ0n) is 21.8. The van der Waals surface area contributed by atoms with Gasteiger partial charge in [-0.1, -0.05) is 0 Å². The van der Waals surface area contributed by atoms with E-state index in [1.807, 2.05) is 27.7 Å². The molecule has 0 radical (unpaired) electrons. The van der Waals surface area contributed by atoms with Gasteiger partial charge in [0.1, 0.15) is 0 Å². The lowest BCUT2D eigenvalue weighted by atomic mass is 9.89. The molecule has 3 rings (SSSR count). The third kappa shape index (κ3) is 2.49. The Balaban J connectivity index is 2.08. The molecule has 4 nitrogen and oxygen atoms in total. The molecule has 0 aromatic carbocycles. The molecular formula is C14H23BN2O2S. The van der Waals surface area contributed by atoms with Crippen LogP contribution in [0.1, 0.15) is 60.5 Å². The molecule has 20 heavy (non-hydrogen) atoms. The normalized spacial score (nSPS) is 45.2. The van der Waals surface area contributed by atoms with Crippen molar-refractivity contribution in [2.75, 3.05) is 17.9 Å². The molecule has 1 aromatic heterocycles. The highest BCUT2D eigenvalue weighted by atomic mass is 32.1. The zero-order valence-corrected chi connectivity index (χ0v) is 12.6. The second kappa shape index (κ2) is 5.00. The molecule has 0 bridgehead atoms. The van der Waals surface area contributed by atoms with E-state index in [9.17, 15) is 0 Å². The highest BCUT2D eigenvalue weighted by Gasteiger charge is 2.52. The molecule has 110 valence electrons. The van der Waals surface area contributed by atoms with Crippen molar-refractivity contribution in [1.29, 1.82) is 0 Å². The monoisotopic (exact) mass is 304 g/mol. The zero-order chi connectivity index (χ0) is 23.3. The van der Waals surface area contributed by atoms with E-state index in [0.717, 1.165) is 11.3 Å². The summed E-state index contributed by atoms with van der Waals surface area (Å²) in [5, 5.41) is -0.349. The van der Waals surface area contributed by atoms with Crippen molar-refractivity contribution in [3.63, 3.8) is 0 Å². The van der Waals surface area contributed by atoms with Crippen molar-refractivity contribution >= 4 is 28.4 Å². The first-order valence-corrected chi connectivity index (χ1v) is 7.08. The van der Waals surface area contributed by atoms with E-state index in [1.54, 1.807) is 0 Å². The van der Waals surface area contributed by atoms with Crippen molar-refractivity contribution in [2.24, 2.45) is 0 Å². The van der Waals surface area contributed by atoms with Crippen molar-refractivity contribution < 1.29 is 23.0 Å². The Labute approximate surface area is 139 Å². The van der Waals surface area contributed by atoms with Crippen LogP contribution in [0.2, 0.25) is 0 Å². The Morgan fingerprint density at radius 3 is 2.40 bits per heavy atom. The van der Waals surface area contributed by atoms with Crippen molar-refractivity contribution in [3.8, 4) is 0 Å². The average molecular weight is 304 g/mol. The van der Waals surface area contributed by atoms with E-state index in [4.69, 9.17) is 23.0 Å². The van der Waals surface area contributed by atoms with Gasteiger partial charge in [0.05, 0.1) is 16.0 Å². The van der Waals surface area contributed by atoms with Crippen LogP contribution in [0.25, 0.3) is 0 Å². The third-order valence-corrected chi connectivity index (χ3v) is 4.65. The topological polar surface area (TPSA) is 34.6 Å². The number of thiazole rings is 1. The van der Waals surface area contributed by atoms with Crippen LogP contribution in [0.3, 0.4) is 0 Å². The predicted octanol–water partition coefficient (Wildman–Crippen LogP) is 2.43. The molecule has 2 saturated heterocycles. The Morgan fingerprint density at radius 1 is 1.20 bits per heavy atom. The maximum Gasteiger partial charge on any atom is 0.507 e. The van der Waals surface area contributed by atoms with Crippen LogP contribution in [0, 0.1) is 0 Å². The van der Waals surface area contributed by atoms with Gasteiger partial charge >= 0.3 is 7.12 Å². The predicted molar refractivity (Wildman–Crippen MR) is 83.9 cm³/mol. The Hall–Kier alpha value is -0.585. The molecule has 2 aliphatic rings. The fourth-order valence-corrected chi connectivity index (χ4v) is 2.57. The molecule has 0 spiro atoms. The van der Waals surface area contributed by atoms with Crippen LogP contribution >= 0.6 is 11.3 Å². The first-order chi connectivity index (χ1) is 13.2. The highest BCUT2D eigenvalue weighted by molar-refractivity contribution is 7.25. The Morgan fingerprint density at radius 2 is 1.80 bits per heavy atom. The molecule has 0 N–H and O–H groups in total. The molecule has 0 atom stereocenters. The number of aromatic nitrogens is 1. The molecule has 1 aromatic rings. The molecule has 0 aliphatic carbocycles. The van der Waals surface area contributed by atoms with E-state index in [2.05, 4.69) is 4.98 Å². The van der Waals surface area contributed by atoms with Gasteiger partial charge < -0.3 is 14.2 Å². The second-order valence-electron chi connectivity index (χ2n) is 5.57. The molecular weight excluding hydrogens is 271 g/mol. The summed E-state index contributed by atoms with van der Waals surface area (Å²) in [6.45, 7) is 0.835. The van der Waals surface area contributed by atoms with E-state index in [1.165, 1.54) is 6.20 Å². The number of hydrogen-bond donors (Lipinski definition) is 0. The molecule has 6 heteroatoms. The summed E-state index contributed by atoms with van der Waals surface area (Å²) in [4.78, 5) is 4.25. The first-order valence-electron chi connectivity index (χ1n) is 11.3. The minimum atomic E-state index is -3.46. The van der Waals surface area contributed by atoms with Crippen LogP contribution in [-0.2, 0) is 9.31 Å². The summed E-state index contributed by atoms with van der Waals surface area (Å²) in [5.74, 6) is 0. The summed E-state index contributed by atoms with van der Waals surface area (Å²) in [7, 11) is -0.872. The second-order valence-corrected chi connectivity index (χ2v) is 6.61. The number of rotatable bonds is 2. The van der Waals surface area contributed by atoms with Gasteiger partial charge in [0.2, 0.25) is 0 Å². The van der Waals surface area contributed by atoms with E-state index >= 15 is 0 Å². The minimum Gasteiger partial charge on any atom is -0.399 e. The lowest BCUT2D eigenvalue weighted by molar-refractivity contribution is 0.00578. The SMILES string of the molecule is [2H]C1([2H])N(c2ncc(B3OC(C)(C)C(C)(C)O3)s2)C([2H])([2H])C([2H])([2H])C([2H])([2H])C1([2H])[2H]. The van der Waals surface area contributed by atoms with E-state index in [0.29, 0.717) is 4.78 Å². The summed E-state index contributed by atoms with van der Waals surface area (Å²) in [6.07, 6.45) is -8.98. The van der Waals surface area contributed by atoms with Crippen LogP contribution < -0.4 is 9.68 Å². The van der Waals surface area contributed by atoms with Crippen LogP contribution in [-0.4, -0.2) is 36.3 Å². The third-order valence-electron chi connectivity index (χ3n) is 3.65. The molecule has 2 fully saturated rings. The number of nitrogens with zero attached hydrogens (tertiary/aromatic N) is 2. The first kappa shape index (κ1) is 6.67. The fourth-order valence-electron chi connectivity index (χ4n) is 1.77. The van der Waals surface area contributed by atoms with Crippen molar-refractivity contribution in [2.45, 2.75) is 58.0 Å². The van der Waals surface area contributed by atoms with Gasteiger partial charge in [0.15, 0.2) is 5.13 Å². The number of piperidine rings is 1. The van der Waals surface area contributed by atoms with E-state index in [-0.39, 0.29) is 10.0 Å². The van der Waals surface area contributed by atoms with Gasteiger partial charge in [-0.05, 0) is 46.8 Å². The molecule has 2 aliphatic heterocycles. The summed E-state index contributed by atoms with van der Waals surface area (Å²) >= 11 is 0.773. The Bertz CT molecular complexity index is 814. The highest BCUT2D eigenvalue weighted by Crippen LogP contribution is 2.37. The standard InChI is InChI=1S/C14H23BN2O2S/c1-13(2)14(3,4)19-15(18-13)11-10-16-12(20-11)17-8-6-5-7-9-17/h10H,5-9H2,1-4H3/i5D2,6D2,7D2,8D2,9D2. The Kier molecular flexibility index (Phi) is 1.67. The fraction of sp³-hybridized carbons (Fsp3) is 0.786. The minimum absolute atomic E-state index is 0.251.